The highest BCUT2D eigenvalue weighted by molar-refractivity contribution is 5.99. The lowest BCUT2D eigenvalue weighted by atomic mass is 9.91. The van der Waals surface area contributed by atoms with E-state index in [1.54, 1.807) is 0 Å². The lowest BCUT2D eigenvalue weighted by molar-refractivity contribution is 1.58. The second-order valence-corrected chi connectivity index (χ2v) is 7.44. The predicted molar refractivity (Wildman–Crippen MR) is 130 cm³/mol. The Morgan fingerprint density at radius 2 is 1.13 bits per heavy atom. The minimum absolute atomic E-state index is 1.20. The molecule has 0 N–H and O–H groups in total. The van der Waals surface area contributed by atoms with E-state index in [-0.39, 0.29) is 0 Å². The number of hydrogen-bond donors (Lipinski definition) is 0. The van der Waals surface area contributed by atoms with E-state index in [0.717, 1.165) is 0 Å². The molecular weight excluding hydrogens is 360 g/mol. The Labute approximate surface area is 177 Å². The van der Waals surface area contributed by atoms with E-state index in [4.69, 9.17) is 0 Å². The standard InChI is InChI=1S/C30H22/c1-3-10-23(11-4-1)18-19-27-22-26(24-12-5-2-6-13-24)20-21-29(27)30-17-9-15-25-14-7-8-16-28(25)30/h1-22H. The highest BCUT2D eigenvalue weighted by atomic mass is 14.1. The van der Waals surface area contributed by atoms with Crippen molar-refractivity contribution in [3.05, 3.63) is 132 Å². The molecule has 5 aromatic carbocycles. The number of fused-ring (bicyclic) bond motifs is 1. The summed E-state index contributed by atoms with van der Waals surface area (Å²) in [5.41, 5.74) is 7.39. The molecule has 0 heterocycles. The maximum Gasteiger partial charge on any atom is -0.00994 e. The third-order valence-corrected chi connectivity index (χ3v) is 5.49. The molecule has 0 radical (unpaired) electrons. The molecule has 5 rings (SSSR count). The molecule has 0 unspecified atom stereocenters. The van der Waals surface area contributed by atoms with Crippen molar-refractivity contribution in [3.63, 3.8) is 0 Å². The van der Waals surface area contributed by atoms with Crippen LogP contribution in [0.4, 0.5) is 0 Å². The molecular formula is C30H22. The molecule has 0 aromatic heterocycles. The van der Waals surface area contributed by atoms with E-state index < -0.39 is 0 Å². The highest BCUT2D eigenvalue weighted by Crippen LogP contribution is 2.34. The predicted octanol–water partition coefficient (Wildman–Crippen LogP) is 8.34. The molecule has 0 spiro atoms. The van der Waals surface area contributed by atoms with Gasteiger partial charge in [0, 0.05) is 0 Å². The normalized spacial score (nSPS) is 11.2. The summed E-state index contributed by atoms with van der Waals surface area (Å²) in [5, 5.41) is 2.54. The average molecular weight is 383 g/mol. The van der Waals surface area contributed by atoms with E-state index >= 15 is 0 Å². The summed E-state index contributed by atoms with van der Waals surface area (Å²) in [6, 6.07) is 43.0. The van der Waals surface area contributed by atoms with Crippen molar-refractivity contribution in [2.24, 2.45) is 0 Å². The fraction of sp³-hybridized carbons (Fsp3) is 0. The molecule has 0 aliphatic rings. The zero-order valence-electron chi connectivity index (χ0n) is 16.7. The minimum Gasteiger partial charge on any atom is -0.0622 e. The van der Waals surface area contributed by atoms with Gasteiger partial charge in [0.15, 0.2) is 0 Å². The Bertz CT molecular complexity index is 1310. The van der Waals surface area contributed by atoms with Crippen molar-refractivity contribution < 1.29 is 0 Å². The Morgan fingerprint density at radius 3 is 1.97 bits per heavy atom. The Hall–Kier alpha value is -3.90. The van der Waals surface area contributed by atoms with Gasteiger partial charge in [-0.15, -0.1) is 0 Å². The molecule has 142 valence electrons. The van der Waals surface area contributed by atoms with Crippen LogP contribution in [0.1, 0.15) is 11.1 Å². The summed E-state index contributed by atoms with van der Waals surface area (Å²) in [7, 11) is 0. The van der Waals surface area contributed by atoms with Crippen LogP contribution in [0.15, 0.2) is 121 Å². The highest BCUT2D eigenvalue weighted by Gasteiger charge is 2.09. The topological polar surface area (TPSA) is 0 Å². The Balaban J connectivity index is 1.69. The summed E-state index contributed by atoms with van der Waals surface area (Å²) in [6.45, 7) is 0. The fourth-order valence-electron chi connectivity index (χ4n) is 3.97. The maximum atomic E-state index is 2.30. The van der Waals surface area contributed by atoms with Crippen LogP contribution < -0.4 is 0 Å². The summed E-state index contributed by atoms with van der Waals surface area (Å²) in [6.07, 6.45) is 4.43. The van der Waals surface area contributed by atoms with Gasteiger partial charge in [0.2, 0.25) is 0 Å². The van der Waals surface area contributed by atoms with Gasteiger partial charge < -0.3 is 0 Å². The summed E-state index contributed by atoms with van der Waals surface area (Å²) in [4.78, 5) is 0. The van der Waals surface area contributed by atoms with Gasteiger partial charge in [-0.25, -0.2) is 0 Å². The van der Waals surface area contributed by atoms with E-state index in [1.165, 1.54) is 44.2 Å². The quantitative estimate of drug-likeness (QED) is 0.274. The zero-order valence-corrected chi connectivity index (χ0v) is 16.7. The van der Waals surface area contributed by atoms with Crippen LogP contribution in [-0.4, -0.2) is 0 Å². The van der Waals surface area contributed by atoms with Crippen LogP contribution in [-0.2, 0) is 0 Å². The molecule has 0 fully saturated rings. The van der Waals surface area contributed by atoms with Crippen LogP contribution in [0.25, 0.3) is 45.2 Å². The van der Waals surface area contributed by atoms with E-state index in [0.29, 0.717) is 0 Å². The molecule has 0 aliphatic heterocycles. The van der Waals surface area contributed by atoms with Gasteiger partial charge in [-0.2, -0.15) is 0 Å². The SMILES string of the molecule is C(=Cc1cc(-c2ccccc2)ccc1-c1cccc2ccccc12)c1ccccc1. The monoisotopic (exact) mass is 382 g/mol. The van der Waals surface area contributed by atoms with Crippen LogP contribution in [0.2, 0.25) is 0 Å². The molecule has 0 aliphatic carbocycles. The summed E-state index contributed by atoms with van der Waals surface area (Å²) in [5.74, 6) is 0. The number of benzene rings is 5. The molecule has 0 saturated carbocycles. The molecule has 0 bridgehead atoms. The molecule has 0 amide bonds. The van der Waals surface area contributed by atoms with Crippen molar-refractivity contribution in [1.82, 2.24) is 0 Å². The molecule has 5 aromatic rings. The van der Waals surface area contributed by atoms with Gasteiger partial charge in [-0.3, -0.25) is 0 Å². The average Bonchev–Trinajstić information content (AvgIpc) is 2.83. The Kier molecular flexibility index (Phi) is 4.98. The van der Waals surface area contributed by atoms with Gasteiger partial charge in [0.05, 0.1) is 0 Å². The zero-order chi connectivity index (χ0) is 20.2. The number of hydrogen-bond acceptors (Lipinski definition) is 0. The second kappa shape index (κ2) is 8.23. The number of rotatable bonds is 4. The van der Waals surface area contributed by atoms with Crippen molar-refractivity contribution in [2.75, 3.05) is 0 Å². The van der Waals surface area contributed by atoms with E-state index in [1.807, 2.05) is 0 Å². The first-order chi connectivity index (χ1) is 14.9. The first kappa shape index (κ1) is 18.1. The van der Waals surface area contributed by atoms with Gasteiger partial charge in [0.25, 0.3) is 0 Å². The third kappa shape index (κ3) is 3.68. The molecule has 0 heteroatoms. The molecule has 0 nitrogen and oxygen atoms in total. The van der Waals surface area contributed by atoms with Crippen LogP contribution in [0.3, 0.4) is 0 Å². The molecule has 30 heavy (non-hydrogen) atoms. The minimum atomic E-state index is 1.20. The van der Waals surface area contributed by atoms with E-state index in [9.17, 15) is 0 Å². The van der Waals surface area contributed by atoms with Gasteiger partial charge >= 0.3 is 0 Å². The van der Waals surface area contributed by atoms with Gasteiger partial charge in [-0.05, 0) is 50.2 Å². The van der Waals surface area contributed by atoms with Gasteiger partial charge in [-0.1, -0.05) is 127 Å². The third-order valence-electron chi connectivity index (χ3n) is 5.49. The Morgan fingerprint density at radius 1 is 0.433 bits per heavy atom. The molecule has 0 atom stereocenters. The van der Waals surface area contributed by atoms with Crippen molar-refractivity contribution in [1.29, 1.82) is 0 Å². The fourth-order valence-corrected chi connectivity index (χ4v) is 3.97. The maximum absolute atomic E-state index is 2.30. The smallest absolute Gasteiger partial charge is 0.00994 e. The first-order valence-corrected chi connectivity index (χ1v) is 10.3. The first-order valence-electron chi connectivity index (χ1n) is 10.3. The van der Waals surface area contributed by atoms with Crippen molar-refractivity contribution >= 4 is 22.9 Å². The lowest BCUT2D eigenvalue weighted by Gasteiger charge is -2.13. The van der Waals surface area contributed by atoms with Crippen LogP contribution >= 0.6 is 0 Å². The second-order valence-electron chi connectivity index (χ2n) is 7.44. The van der Waals surface area contributed by atoms with Crippen molar-refractivity contribution in [2.45, 2.75) is 0 Å². The summed E-state index contributed by atoms with van der Waals surface area (Å²) < 4.78 is 0. The molecule has 0 saturated heterocycles. The largest absolute Gasteiger partial charge is 0.0622 e. The van der Waals surface area contributed by atoms with E-state index in [2.05, 4.69) is 133 Å². The van der Waals surface area contributed by atoms with Crippen molar-refractivity contribution in [3.8, 4) is 22.3 Å². The van der Waals surface area contributed by atoms with Crippen LogP contribution in [0.5, 0.6) is 0 Å². The van der Waals surface area contributed by atoms with Gasteiger partial charge in [0.1, 0.15) is 0 Å². The lowest BCUT2D eigenvalue weighted by Crippen LogP contribution is -1.88. The summed E-state index contributed by atoms with van der Waals surface area (Å²) >= 11 is 0. The van der Waals surface area contributed by atoms with Crippen LogP contribution in [0, 0.1) is 0 Å².